The van der Waals surface area contributed by atoms with Crippen LogP contribution in [0.5, 0.6) is 11.5 Å². The first-order valence-electron chi connectivity index (χ1n) is 8.26. The van der Waals surface area contributed by atoms with E-state index < -0.39 is 0 Å². The summed E-state index contributed by atoms with van der Waals surface area (Å²) in [6, 6.07) is 17.4. The van der Waals surface area contributed by atoms with Crippen molar-refractivity contribution in [1.29, 1.82) is 0 Å². The molecule has 6 heteroatoms. The molecule has 1 fully saturated rings. The van der Waals surface area contributed by atoms with Gasteiger partial charge >= 0.3 is 0 Å². The first-order valence-corrected chi connectivity index (χ1v) is 9.48. The van der Waals surface area contributed by atoms with E-state index in [4.69, 9.17) is 21.7 Å². The maximum absolute atomic E-state index is 11.7. The molecule has 4 nitrogen and oxygen atoms in total. The first kappa shape index (κ1) is 18.5. The molecule has 0 aliphatic carbocycles. The third-order valence-corrected chi connectivity index (χ3v) is 4.79. The Morgan fingerprint density at radius 2 is 1.65 bits per heavy atom. The summed E-state index contributed by atoms with van der Waals surface area (Å²) < 4.78 is 12.0. The zero-order chi connectivity index (χ0) is 18.4. The molecule has 2 aromatic rings. The van der Waals surface area contributed by atoms with Gasteiger partial charge in [-0.25, -0.2) is 0 Å². The van der Waals surface area contributed by atoms with Gasteiger partial charge in [0.05, 0.1) is 18.1 Å². The number of carbonyl (C=O) groups excluding carboxylic acids is 1. The molecule has 1 unspecified atom stereocenters. The fourth-order valence-corrected chi connectivity index (χ4v) is 3.32. The minimum absolute atomic E-state index is 0.146. The molecule has 26 heavy (non-hydrogen) atoms. The molecule has 3 rings (SSSR count). The van der Waals surface area contributed by atoms with Crippen LogP contribution in [0.25, 0.3) is 6.08 Å². The molecule has 1 amide bonds. The van der Waals surface area contributed by atoms with Crippen LogP contribution in [0.1, 0.15) is 12.5 Å². The highest BCUT2D eigenvalue weighted by molar-refractivity contribution is 8.26. The molecule has 1 heterocycles. The Balaban J connectivity index is 1.47. The number of ether oxygens (including phenoxy) is 2. The van der Waals surface area contributed by atoms with E-state index in [2.05, 4.69) is 12.2 Å². The topological polar surface area (TPSA) is 47.6 Å². The Hall–Kier alpha value is -2.31. The lowest BCUT2D eigenvalue weighted by molar-refractivity contribution is -0.115. The van der Waals surface area contributed by atoms with Crippen LogP contribution in [0.3, 0.4) is 0 Å². The highest BCUT2D eigenvalue weighted by atomic mass is 32.2. The Bertz CT molecular complexity index is 804. The third kappa shape index (κ3) is 5.34. The lowest BCUT2D eigenvalue weighted by Crippen LogP contribution is -2.17. The number of nitrogens with one attached hydrogen (secondary N) is 1. The van der Waals surface area contributed by atoms with Crippen LogP contribution in [-0.4, -0.2) is 23.4 Å². The summed E-state index contributed by atoms with van der Waals surface area (Å²) >= 11 is 6.26. The zero-order valence-corrected chi connectivity index (χ0v) is 15.9. The van der Waals surface area contributed by atoms with E-state index in [-0.39, 0.29) is 11.8 Å². The molecule has 0 bridgehead atoms. The number of rotatable bonds is 7. The predicted molar refractivity (Wildman–Crippen MR) is 109 cm³/mol. The smallest absolute Gasteiger partial charge is 0.263 e. The Labute approximate surface area is 162 Å². The van der Waals surface area contributed by atoms with Crippen molar-refractivity contribution in [3.8, 4) is 11.5 Å². The van der Waals surface area contributed by atoms with E-state index >= 15 is 0 Å². The van der Waals surface area contributed by atoms with Crippen molar-refractivity contribution < 1.29 is 14.3 Å². The fraction of sp³-hybridized carbons (Fsp3) is 0.200. The molecule has 1 atom stereocenters. The Kier molecular flexibility index (Phi) is 6.30. The molecule has 0 radical (unpaired) electrons. The van der Waals surface area contributed by atoms with Crippen LogP contribution in [0.15, 0.2) is 59.5 Å². The standard InChI is InChI=1S/C20H19NO3S2/c1-14(12-23-16-5-3-2-4-6-16)13-24-17-9-7-15(8-10-17)11-18-19(22)21-20(25)26-18/h2-11,14H,12-13H2,1H3,(H,21,22,25). The third-order valence-electron chi connectivity index (χ3n) is 3.63. The molecule has 0 saturated carbocycles. The summed E-state index contributed by atoms with van der Waals surface area (Å²) in [6.07, 6.45) is 1.82. The van der Waals surface area contributed by atoms with E-state index in [0.717, 1.165) is 17.1 Å². The summed E-state index contributed by atoms with van der Waals surface area (Å²) in [5, 5.41) is 2.61. The van der Waals surface area contributed by atoms with Gasteiger partial charge in [-0.1, -0.05) is 61.2 Å². The van der Waals surface area contributed by atoms with Crippen molar-refractivity contribution in [2.75, 3.05) is 13.2 Å². The monoisotopic (exact) mass is 385 g/mol. The second-order valence-electron chi connectivity index (χ2n) is 5.96. The number of hydrogen-bond acceptors (Lipinski definition) is 5. The molecular formula is C20H19NO3S2. The molecule has 0 spiro atoms. The largest absolute Gasteiger partial charge is 0.493 e. The number of hydrogen-bond donors (Lipinski definition) is 1. The van der Waals surface area contributed by atoms with Gasteiger partial charge in [0.25, 0.3) is 5.91 Å². The van der Waals surface area contributed by atoms with E-state index in [1.807, 2.05) is 60.7 Å². The second kappa shape index (κ2) is 8.87. The molecule has 1 saturated heterocycles. The minimum atomic E-state index is -0.146. The number of amides is 1. The maximum atomic E-state index is 11.7. The quantitative estimate of drug-likeness (QED) is 0.570. The average molecular weight is 386 g/mol. The SMILES string of the molecule is CC(COc1ccccc1)COc1ccc(C=C2SC(=S)NC2=O)cc1. The lowest BCUT2D eigenvalue weighted by atomic mass is 10.2. The molecule has 1 aliphatic heterocycles. The van der Waals surface area contributed by atoms with Crippen molar-refractivity contribution >= 4 is 40.3 Å². The van der Waals surface area contributed by atoms with Crippen molar-refractivity contribution in [2.45, 2.75) is 6.92 Å². The fourth-order valence-electron chi connectivity index (χ4n) is 2.27. The van der Waals surface area contributed by atoms with E-state index in [9.17, 15) is 4.79 Å². The van der Waals surface area contributed by atoms with Gasteiger partial charge < -0.3 is 14.8 Å². The number of thiocarbonyl (C=S) groups is 1. The van der Waals surface area contributed by atoms with Gasteiger partial charge in [0.1, 0.15) is 15.8 Å². The van der Waals surface area contributed by atoms with Crippen LogP contribution in [-0.2, 0) is 4.79 Å². The Morgan fingerprint density at radius 1 is 1.04 bits per heavy atom. The normalized spacial score (nSPS) is 16.4. The molecule has 1 N–H and O–H groups in total. The lowest BCUT2D eigenvalue weighted by Gasteiger charge is -2.14. The maximum Gasteiger partial charge on any atom is 0.263 e. The number of para-hydroxylation sites is 1. The van der Waals surface area contributed by atoms with Gasteiger partial charge in [-0.3, -0.25) is 4.79 Å². The van der Waals surface area contributed by atoms with E-state index in [1.165, 1.54) is 11.8 Å². The van der Waals surface area contributed by atoms with Gasteiger partial charge in [-0.05, 0) is 35.9 Å². The first-order chi connectivity index (χ1) is 12.6. The summed E-state index contributed by atoms with van der Waals surface area (Å²) in [4.78, 5) is 12.3. The van der Waals surface area contributed by atoms with Crippen LogP contribution < -0.4 is 14.8 Å². The van der Waals surface area contributed by atoms with Crippen molar-refractivity contribution in [3.05, 3.63) is 65.1 Å². The number of carbonyl (C=O) groups is 1. The average Bonchev–Trinajstić information content (AvgIpc) is 2.97. The number of benzene rings is 2. The van der Waals surface area contributed by atoms with Gasteiger partial charge in [-0.2, -0.15) is 0 Å². The van der Waals surface area contributed by atoms with Crippen molar-refractivity contribution in [1.82, 2.24) is 5.32 Å². The van der Waals surface area contributed by atoms with Crippen LogP contribution in [0.4, 0.5) is 0 Å². The van der Waals surface area contributed by atoms with Crippen LogP contribution >= 0.6 is 24.0 Å². The van der Waals surface area contributed by atoms with Crippen LogP contribution in [0, 0.1) is 5.92 Å². The second-order valence-corrected chi connectivity index (χ2v) is 7.68. The minimum Gasteiger partial charge on any atom is -0.493 e. The van der Waals surface area contributed by atoms with Crippen LogP contribution in [0.2, 0.25) is 0 Å². The van der Waals surface area contributed by atoms with Crippen molar-refractivity contribution in [2.24, 2.45) is 5.92 Å². The molecular weight excluding hydrogens is 366 g/mol. The Morgan fingerprint density at radius 3 is 2.23 bits per heavy atom. The molecule has 134 valence electrons. The molecule has 2 aromatic carbocycles. The number of thioether (sulfide) groups is 1. The highest BCUT2D eigenvalue weighted by Gasteiger charge is 2.21. The molecule has 1 aliphatic rings. The van der Waals surface area contributed by atoms with Gasteiger partial charge in [0.15, 0.2) is 0 Å². The summed E-state index contributed by atoms with van der Waals surface area (Å²) in [6.45, 7) is 3.25. The predicted octanol–water partition coefficient (Wildman–Crippen LogP) is 4.27. The van der Waals surface area contributed by atoms with E-state index in [1.54, 1.807) is 0 Å². The summed E-state index contributed by atoms with van der Waals surface area (Å²) in [5.41, 5.74) is 0.931. The van der Waals surface area contributed by atoms with Gasteiger partial charge in [0.2, 0.25) is 0 Å². The van der Waals surface area contributed by atoms with E-state index in [0.29, 0.717) is 22.4 Å². The highest BCUT2D eigenvalue weighted by Crippen LogP contribution is 2.26. The van der Waals surface area contributed by atoms with Crippen molar-refractivity contribution in [3.63, 3.8) is 0 Å². The zero-order valence-electron chi connectivity index (χ0n) is 14.3. The summed E-state index contributed by atoms with van der Waals surface area (Å²) in [7, 11) is 0. The van der Waals surface area contributed by atoms with Gasteiger partial charge in [-0.15, -0.1) is 0 Å². The van der Waals surface area contributed by atoms with Gasteiger partial charge in [0, 0.05) is 5.92 Å². The summed E-state index contributed by atoms with van der Waals surface area (Å²) in [5.74, 6) is 1.77. The molecule has 0 aromatic heterocycles.